The van der Waals surface area contributed by atoms with Gasteiger partial charge in [0, 0.05) is 29.6 Å². The van der Waals surface area contributed by atoms with Gasteiger partial charge in [0.05, 0.1) is 35.2 Å². The Kier molecular flexibility index (Phi) is 7.76. The summed E-state index contributed by atoms with van der Waals surface area (Å²) in [5.41, 5.74) is 5.40. The van der Waals surface area contributed by atoms with Crippen molar-refractivity contribution in [2.24, 2.45) is 10.1 Å². The number of fused-ring (bicyclic) bond motifs is 1. The van der Waals surface area contributed by atoms with Crippen molar-refractivity contribution in [2.45, 2.75) is 18.7 Å². The van der Waals surface area contributed by atoms with Crippen molar-refractivity contribution in [3.63, 3.8) is 0 Å². The van der Waals surface area contributed by atoms with Crippen molar-refractivity contribution < 1.29 is 22.6 Å². The van der Waals surface area contributed by atoms with E-state index in [0.29, 0.717) is 55.8 Å². The SMILES string of the molecule is CC(=Nn1c(-c2ccc(C)cc2)csc1=Nc1ccc(S(=O)(=O)N2CCOCC2)cc1)c1ccc2c(c1)OCCO2. The van der Waals surface area contributed by atoms with Crippen molar-refractivity contribution in [2.75, 3.05) is 39.5 Å². The Balaban J connectivity index is 1.38. The molecule has 2 aliphatic rings. The highest BCUT2D eigenvalue weighted by atomic mass is 32.2. The van der Waals surface area contributed by atoms with Crippen LogP contribution in [-0.2, 0) is 14.8 Å². The van der Waals surface area contributed by atoms with Crippen LogP contribution >= 0.6 is 11.3 Å². The molecule has 3 heterocycles. The molecule has 3 aromatic carbocycles. The predicted molar refractivity (Wildman–Crippen MR) is 159 cm³/mol. The van der Waals surface area contributed by atoms with E-state index >= 15 is 0 Å². The molecule has 2 aliphatic heterocycles. The summed E-state index contributed by atoms with van der Waals surface area (Å²) in [6.07, 6.45) is 0. The van der Waals surface area contributed by atoms with Gasteiger partial charge in [0.25, 0.3) is 0 Å². The van der Waals surface area contributed by atoms with Crippen LogP contribution in [0.4, 0.5) is 5.69 Å². The second-order valence-corrected chi connectivity index (χ2v) is 12.5. The molecule has 0 spiro atoms. The zero-order valence-corrected chi connectivity index (χ0v) is 24.5. The Morgan fingerprint density at radius 2 is 1.59 bits per heavy atom. The standard InChI is InChI=1S/C30H30N4O5S2/c1-21-3-5-23(6-4-21)27-20-40-30(34(27)32-22(2)24-7-12-28-29(19-24)39-18-17-38-28)31-25-8-10-26(11-9-25)41(35,36)33-13-15-37-16-14-33/h3-12,19-20H,13-18H2,1-2H3. The number of nitrogens with zero attached hydrogens (tertiary/aromatic N) is 4. The van der Waals surface area contributed by atoms with E-state index in [4.69, 9.17) is 24.3 Å². The second-order valence-electron chi connectivity index (χ2n) is 9.75. The molecule has 1 saturated heterocycles. The van der Waals surface area contributed by atoms with E-state index in [1.807, 2.05) is 35.2 Å². The van der Waals surface area contributed by atoms with Crippen LogP contribution in [0.15, 0.2) is 87.1 Å². The Labute approximate surface area is 243 Å². The minimum Gasteiger partial charge on any atom is -0.486 e. The molecule has 0 bridgehead atoms. The smallest absolute Gasteiger partial charge is 0.243 e. The molecular weight excluding hydrogens is 560 g/mol. The van der Waals surface area contributed by atoms with Crippen LogP contribution in [0.25, 0.3) is 11.3 Å². The lowest BCUT2D eigenvalue weighted by Gasteiger charge is -2.26. The Bertz CT molecular complexity index is 1750. The number of thiazole rings is 1. The van der Waals surface area contributed by atoms with E-state index in [1.165, 1.54) is 21.2 Å². The molecule has 0 amide bonds. The zero-order chi connectivity index (χ0) is 28.4. The number of morpholine rings is 1. The van der Waals surface area contributed by atoms with Crippen LogP contribution in [0.5, 0.6) is 11.5 Å². The summed E-state index contributed by atoms with van der Waals surface area (Å²) in [6, 6.07) is 20.7. The van der Waals surface area contributed by atoms with Gasteiger partial charge >= 0.3 is 0 Å². The summed E-state index contributed by atoms with van der Waals surface area (Å²) in [6.45, 7) is 6.57. The van der Waals surface area contributed by atoms with Crippen molar-refractivity contribution in [1.82, 2.24) is 8.98 Å². The molecule has 0 N–H and O–H groups in total. The highest BCUT2D eigenvalue weighted by molar-refractivity contribution is 7.89. The van der Waals surface area contributed by atoms with Gasteiger partial charge in [0.1, 0.15) is 13.2 Å². The topological polar surface area (TPSA) is 94.7 Å². The quantitative estimate of drug-likeness (QED) is 0.300. The van der Waals surface area contributed by atoms with Gasteiger partial charge in [-0.25, -0.2) is 18.1 Å². The number of rotatable bonds is 6. The summed E-state index contributed by atoms with van der Waals surface area (Å²) in [5.74, 6) is 1.43. The lowest BCUT2D eigenvalue weighted by molar-refractivity contribution is 0.0730. The minimum atomic E-state index is -3.58. The number of hydrogen-bond donors (Lipinski definition) is 0. The molecule has 212 valence electrons. The van der Waals surface area contributed by atoms with Crippen LogP contribution in [0.2, 0.25) is 0 Å². The van der Waals surface area contributed by atoms with Crippen LogP contribution < -0.4 is 14.3 Å². The first-order valence-corrected chi connectivity index (χ1v) is 15.7. The monoisotopic (exact) mass is 590 g/mol. The van der Waals surface area contributed by atoms with Crippen molar-refractivity contribution in [3.05, 3.63) is 88.0 Å². The summed E-state index contributed by atoms with van der Waals surface area (Å²) in [7, 11) is -3.58. The molecule has 11 heteroatoms. The summed E-state index contributed by atoms with van der Waals surface area (Å²) in [5, 5.41) is 7.02. The van der Waals surface area contributed by atoms with Crippen LogP contribution in [0, 0.1) is 6.92 Å². The highest BCUT2D eigenvalue weighted by Crippen LogP contribution is 2.31. The van der Waals surface area contributed by atoms with Gasteiger partial charge < -0.3 is 14.2 Å². The number of hydrogen-bond acceptors (Lipinski definition) is 8. The second kappa shape index (κ2) is 11.6. The van der Waals surface area contributed by atoms with Gasteiger partial charge in [-0.1, -0.05) is 29.8 Å². The number of aryl methyl sites for hydroxylation is 1. The number of sulfonamides is 1. The van der Waals surface area contributed by atoms with E-state index in [2.05, 4.69) is 31.2 Å². The first-order valence-electron chi connectivity index (χ1n) is 13.3. The maximum Gasteiger partial charge on any atom is 0.243 e. The third-order valence-corrected chi connectivity index (χ3v) is 9.64. The van der Waals surface area contributed by atoms with Gasteiger partial charge in [-0.15, -0.1) is 11.3 Å². The highest BCUT2D eigenvalue weighted by Gasteiger charge is 2.26. The molecule has 41 heavy (non-hydrogen) atoms. The number of ether oxygens (including phenoxy) is 3. The fraction of sp³-hybridized carbons (Fsp3) is 0.267. The molecule has 9 nitrogen and oxygen atoms in total. The maximum absolute atomic E-state index is 13.0. The predicted octanol–water partition coefficient (Wildman–Crippen LogP) is 4.82. The van der Waals surface area contributed by atoms with Crippen molar-refractivity contribution in [3.8, 4) is 22.8 Å². The number of benzene rings is 3. The van der Waals surface area contributed by atoms with Crippen molar-refractivity contribution >= 4 is 32.8 Å². The van der Waals surface area contributed by atoms with E-state index in [0.717, 1.165) is 28.3 Å². The average Bonchev–Trinajstić information content (AvgIpc) is 3.39. The normalized spacial score (nSPS) is 16.6. The molecule has 0 unspecified atom stereocenters. The van der Waals surface area contributed by atoms with Gasteiger partial charge in [0.15, 0.2) is 11.5 Å². The van der Waals surface area contributed by atoms with Crippen LogP contribution in [-0.4, -0.2) is 62.6 Å². The summed E-state index contributed by atoms with van der Waals surface area (Å²) in [4.78, 5) is 5.75. The molecular formula is C30H30N4O5S2. The van der Waals surface area contributed by atoms with E-state index in [9.17, 15) is 8.42 Å². The largest absolute Gasteiger partial charge is 0.486 e. The zero-order valence-electron chi connectivity index (χ0n) is 22.8. The molecule has 0 radical (unpaired) electrons. The van der Waals surface area contributed by atoms with E-state index < -0.39 is 10.0 Å². The third kappa shape index (κ3) is 5.84. The lowest BCUT2D eigenvalue weighted by atomic mass is 10.1. The maximum atomic E-state index is 13.0. The average molecular weight is 591 g/mol. The Morgan fingerprint density at radius 1 is 0.878 bits per heavy atom. The van der Waals surface area contributed by atoms with Gasteiger partial charge in [-0.3, -0.25) is 0 Å². The molecule has 4 aromatic rings. The third-order valence-electron chi connectivity index (χ3n) is 6.91. The Hall–Kier alpha value is -3.77. The van der Waals surface area contributed by atoms with Gasteiger partial charge in [-0.2, -0.15) is 9.41 Å². The number of aromatic nitrogens is 1. The fourth-order valence-corrected chi connectivity index (χ4v) is 6.87. The lowest BCUT2D eigenvalue weighted by Crippen LogP contribution is -2.40. The molecule has 1 fully saturated rings. The minimum absolute atomic E-state index is 0.241. The molecule has 6 rings (SSSR count). The molecule has 0 saturated carbocycles. The van der Waals surface area contributed by atoms with E-state index in [1.54, 1.807) is 24.3 Å². The molecule has 1 aromatic heterocycles. The molecule has 0 atom stereocenters. The van der Waals surface area contributed by atoms with Gasteiger partial charge in [-0.05, 0) is 56.3 Å². The summed E-state index contributed by atoms with van der Waals surface area (Å²) >= 11 is 1.47. The Morgan fingerprint density at radius 3 is 2.32 bits per heavy atom. The van der Waals surface area contributed by atoms with Crippen LogP contribution in [0.3, 0.4) is 0 Å². The molecule has 0 aliphatic carbocycles. The fourth-order valence-electron chi connectivity index (χ4n) is 4.61. The van der Waals surface area contributed by atoms with Crippen LogP contribution in [0.1, 0.15) is 18.1 Å². The first-order chi connectivity index (χ1) is 19.9. The summed E-state index contributed by atoms with van der Waals surface area (Å²) < 4.78 is 46.1. The first kappa shape index (κ1) is 27.4. The van der Waals surface area contributed by atoms with Gasteiger partial charge in [0.2, 0.25) is 14.8 Å². The van der Waals surface area contributed by atoms with E-state index in [-0.39, 0.29) is 4.90 Å². The van der Waals surface area contributed by atoms with Crippen molar-refractivity contribution in [1.29, 1.82) is 0 Å².